The van der Waals surface area contributed by atoms with Crippen LogP contribution in [0.15, 0.2) is 0 Å². The van der Waals surface area contributed by atoms with Crippen LogP contribution in [0, 0.1) is 0 Å². The van der Waals surface area contributed by atoms with E-state index in [-0.39, 0.29) is 0 Å². The first-order valence-corrected chi connectivity index (χ1v) is 2.55. The summed E-state index contributed by atoms with van der Waals surface area (Å²) in [6.45, 7) is -0.399. The van der Waals surface area contributed by atoms with E-state index in [1.807, 2.05) is 0 Å². The summed E-state index contributed by atoms with van der Waals surface area (Å²) in [6.07, 6.45) is -4.24. The molecule has 0 aliphatic rings. The fourth-order valence-corrected chi connectivity index (χ4v) is 0.383. The second kappa shape index (κ2) is 3.99. The lowest BCUT2D eigenvalue weighted by atomic mass is 10.3. The van der Waals surface area contributed by atoms with E-state index >= 15 is 0 Å². The van der Waals surface area contributed by atoms with Gasteiger partial charge in [-0.3, -0.25) is 0 Å². The van der Waals surface area contributed by atoms with Gasteiger partial charge >= 0.3 is 6.09 Å². The first kappa shape index (κ1) is 9.09. The average molecular weight is 154 g/mol. The number of nitrogens with two attached hydrogens (primary N) is 1. The highest BCUT2D eigenvalue weighted by Gasteiger charge is 2.19. The van der Waals surface area contributed by atoms with Crippen LogP contribution < -0.4 is 11.1 Å². The highest BCUT2D eigenvalue weighted by atomic mass is 19.3. The van der Waals surface area contributed by atoms with Gasteiger partial charge < -0.3 is 16.2 Å². The van der Waals surface area contributed by atoms with Crippen LogP contribution in [0.3, 0.4) is 0 Å². The first-order chi connectivity index (χ1) is 4.57. The van der Waals surface area contributed by atoms with Gasteiger partial charge in [0.2, 0.25) is 0 Å². The predicted octanol–water partition coefficient (Wildman–Crippen LogP) is -0.154. The Morgan fingerprint density at radius 1 is 1.70 bits per heavy atom. The Morgan fingerprint density at radius 3 is 2.30 bits per heavy atom. The maximum absolute atomic E-state index is 11.7. The zero-order valence-corrected chi connectivity index (χ0v) is 5.05. The number of carbonyl (C=O) groups is 1. The van der Waals surface area contributed by atoms with Crippen LogP contribution >= 0.6 is 0 Å². The molecule has 0 saturated carbocycles. The third-order valence-electron chi connectivity index (χ3n) is 0.867. The number of hydrogen-bond acceptors (Lipinski definition) is 2. The summed E-state index contributed by atoms with van der Waals surface area (Å²) in [5.41, 5.74) is 4.82. The maximum atomic E-state index is 11.7. The van der Waals surface area contributed by atoms with E-state index in [2.05, 4.69) is 0 Å². The van der Waals surface area contributed by atoms with Crippen molar-refractivity contribution >= 4 is 6.09 Å². The zero-order chi connectivity index (χ0) is 8.15. The molecule has 4 nitrogen and oxygen atoms in total. The van der Waals surface area contributed by atoms with E-state index in [0.717, 1.165) is 0 Å². The van der Waals surface area contributed by atoms with Crippen molar-refractivity contribution in [1.82, 2.24) is 5.32 Å². The average Bonchev–Trinajstić information content (AvgIpc) is 1.81. The fraction of sp³-hybridized carbons (Fsp3) is 0.750. The van der Waals surface area contributed by atoms with Gasteiger partial charge in [0.25, 0.3) is 6.43 Å². The number of hydrogen-bond donors (Lipinski definition) is 3. The second-order valence-corrected chi connectivity index (χ2v) is 1.63. The summed E-state index contributed by atoms with van der Waals surface area (Å²) < 4.78 is 23.3. The lowest BCUT2D eigenvalue weighted by Gasteiger charge is -2.12. The van der Waals surface area contributed by atoms with E-state index in [9.17, 15) is 13.6 Å². The summed E-state index contributed by atoms with van der Waals surface area (Å²) in [6, 6.07) is -1.46. The molecule has 0 aromatic rings. The number of carboxylic acid groups (broad SMARTS) is 1. The molecular weight excluding hydrogens is 146 g/mol. The Labute approximate surface area is 56.0 Å². The van der Waals surface area contributed by atoms with E-state index < -0.39 is 25.1 Å². The third kappa shape index (κ3) is 3.18. The van der Waals surface area contributed by atoms with Crippen molar-refractivity contribution in [3.8, 4) is 0 Å². The Balaban J connectivity index is 3.71. The monoisotopic (exact) mass is 154 g/mol. The minimum atomic E-state index is -2.75. The van der Waals surface area contributed by atoms with Gasteiger partial charge in [-0.05, 0) is 0 Å². The van der Waals surface area contributed by atoms with Crippen LogP contribution in [0.2, 0.25) is 0 Å². The molecule has 0 rings (SSSR count). The van der Waals surface area contributed by atoms with Crippen molar-refractivity contribution in [1.29, 1.82) is 0 Å². The molecule has 0 saturated heterocycles. The molecule has 1 unspecified atom stereocenters. The second-order valence-electron chi connectivity index (χ2n) is 1.63. The Kier molecular flexibility index (Phi) is 3.63. The van der Waals surface area contributed by atoms with Crippen LogP contribution in [-0.2, 0) is 0 Å². The Morgan fingerprint density at radius 2 is 2.20 bits per heavy atom. The molecule has 0 aromatic carbocycles. The van der Waals surface area contributed by atoms with Crippen molar-refractivity contribution in [3.63, 3.8) is 0 Å². The highest BCUT2D eigenvalue weighted by Crippen LogP contribution is 1.97. The summed E-state index contributed by atoms with van der Waals surface area (Å²) in [5.74, 6) is 0. The smallest absolute Gasteiger partial charge is 0.405 e. The summed E-state index contributed by atoms with van der Waals surface area (Å²) >= 11 is 0. The topological polar surface area (TPSA) is 75.3 Å². The normalized spacial score (nSPS) is 13.2. The molecule has 0 fully saturated rings. The van der Waals surface area contributed by atoms with E-state index in [0.29, 0.717) is 0 Å². The van der Waals surface area contributed by atoms with E-state index in [1.165, 1.54) is 0 Å². The summed E-state index contributed by atoms with van der Waals surface area (Å²) in [4.78, 5) is 9.77. The standard InChI is InChI=1S/C4H8F2N2O2/c5-3(6)2(1-7)8-4(9)10/h2-3,8H,1,7H2,(H,9,10). The van der Waals surface area contributed by atoms with Gasteiger partial charge in [-0.2, -0.15) is 0 Å². The third-order valence-corrected chi connectivity index (χ3v) is 0.867. The lowest BCUT2D eigenvalue weighted by molar-refractivity contribution is 0.0975. The SMILES string of the molecule is NCC(NC(=O)O)C(F)F. The van der Waals surface area contributed by atoms with E-state index in [4.69, 9.17) is 10.8 Å². The van der Waals surface area contributed by atoms with Gasteiger partial charge in [0.15, 0.2) is 0 Å². The molecule has 10 heavy (non-hydrogen) atoms. The van der Waals surface area contributed by atoms with Gasteiger partial charge in [0.1, 0.15) is 6.04 Å². The quantitative estimate of drug-likeness (QED) is 0.529. The summed E-state index contributed by atoms with van der Waals surface area (Å²) in [5, 5.41) is 9.53. The van der Waals surface area contributed by atoms with Crippen LogP contribution in [0.1, 0.15) is 0 Å². The lowest BCUT2D eigenvalue weighted by Crippen LogP contribution is -2.44. The maximum Gasteiger partial charge on any atom is 0.405 e. The van der Waals surface area contributed by atoms with Crippen LogP contribution in [0.4, 0.5) is 13.6 Å². The van der Waals surface area contributed by atoms with Gasteiger partial charge in [0, 0.05) is 6.54 Å². The van der Waals surface area contributed by atoms with Gasteiger partial charge in [-0.1, -0.05) is 0 Å². The largest absolute Gasteiger partial charge is 0.465 e. The molecule has 0 aliphatic heterocycles. The molecular formula is C4H8F2N2O2. The van der Waals surface area contributed by atoms with Crippen molar-refractivity contribution in [2.45, 2.75) is 12.5 Å². The van der Waals surface area contributed by atoms with Gasteiger partial charge in [-0.25, -0.2) is 13.6 Å². The minimum absolute atomic E-state index is 0.399. The summed E-state index contributed by atoms with van der Waals surface area (Å²) in [7, 11) is 0. The highest BCUT2D eigenvalue weighted by molar-refractivity contribution is 5.64. The molecule has 1 atom stereocenters. The molecule has 1 amide bonds. The minimum Gasteiger partial charge on any atom is -0.465 e. The predicted molar refractivity (Wildman–Crippen MR) is 30.0 cm³/mol. The van der Waals surface area contributed by atoms with Gasteiger partial charge in [-0.15, -0.1) is 0 Å². The zero-order valence-electron chi connectivity index (χ0n) is 5.05. The van der Waals surface area contributed by atoms with Crippen molar-refractivity contribution in [3.05, 3.63) is 0 Å². The number of alkyl halides is 2. The number of nitrogens with one attached hydrogen (secondary N) is 1. The molecule has 4 N–H and O–H groups in total. The molecule has 0 bridgehead atoms. The van der Waals surface area contributed by atoms with Crippen molar-refractivity contribution in [2.75, 3.05) is 6.54 Å². The molecule has 60 valence electrons. The number of rotatable bonds is 3. The van der Waals surface area contributed by atoms with Crippen LogP contribution in [0.5, 0.6) is 0 Å². The number of halogens is 2. The first-order valence-electron chi connectivity index (χ1n) is 2.55. The molecule has 6 heteroatoms. The molecule has 0 heterocycles. The van der Waals surface area contributed by atoms with Gasteiger partial charge in [0.05, 0.1) is 0 Å². The van der Waals surface area contributed by atoms with Crippen LogP contribution in [0.25, 0.3) is 0 Å². The Bertz CT molecular complexity index is 120. The molecule has 0 aliphatic carbocycles. The van der Waals surface area contributed by atoms with Crippen molar-refractivity contribution < 1.29 is 18.7 Å². The Hall–Kier alpha value is -0.910. The fourth-order valence-electron chi connectivity index (χ4n) is 0.383. The van der Waals surface area contributed by atoms with E-state index in [1.54, 1.807) is 5.32 Å². The van der Waals surface area contributed by atoms with Crippen molar-refractivity contribution in [2.24, 2.45) is 5.73 Å². The molecule has 0 spiro atoms. The number of amides is 1. The molecule has 0 aromatic heterocycles. The molecule has 0 radical (unpaired) electrons. The van der Waals surface area contributed by atoms with Crippen LogP contribution in [-0.4, -0.2) is 30.2 Å².